The van der Waals surface area contributed by atoms with Crippen molar-refractivity contribution in [2.24, 2.45) is 5.73 Å². The molecule has 0 radical (unpaired) electrons. The van der Waals surface area contributed by atoms with Gasteiger partial charge >= 0.3 is 0 Å². The van der Waals surface area contributed by atoms with Crippen LogP contribution in [0.3, 0.4) is 0 Å². The molecular formula is C23H30FN5O5S. The molecule has 0 bridgehead atoms. The third kappa shape index (κ3) is 5.09. The normalized spacial score (nSPS) is 23.8. The van der Waals surface area contributed by atoms with E-state index >= 15 is 0 Å². The van der Waals surface area contributed by atoms with Crippen molar-refractivity contribution in [3.05, 3.63) is 47.1 Å². The molecule has 1 atom stereocenters. The second-order valence-electron chi connectivity index (χ2n) is 9.11. The Kier molecular flexibility index (Phi) is 7.25. The molecule has 1 saturated carbocycles. The maximum Gasteiger partial charge on any atom is 0.261 e. The van der Waals surface area contributed by atoms with E-state index in [0.717, 1.165) is 41.4 Å². The van der Waals surface area contributed by atoms with Crippen LogP contribution < -0.4 is 11.1 Å². The van der Waals surface area contributed by atoms with Crippen molar-refractivity contribution in [1.82, 2.24) is 19.7 Å². The lowest BCUT2D eigenvalue weighted by Gasteiger charge is -2.42. The van der Waals surface area contributed by atoms with E-state index < -0.39 is 33.8 Å². The number of amides is 2. The zero-order chi connectivity index (χ0) is 25.3. The first kappa shape index (κ1) is 25.3. The topological polar surface area (TPSA) is 139 Å². The molecule has 1 aliphatic heterocycles. The molecule has 35 heavy (non-hydrogen) atoms. The van der Waals surface area contributed by atoms with Gasteiger partial charge in [0, 0.05) is 25.2 Å². The summed E-state index contributed by atoms with van der Waals surface area (Å²) in [5, 5.41) is 6.76. The van der Waals surface area contributed by atoms with Crippen LogP contribution in [0.1, 0.15) is 53.9 Å². The first-order chi connectivity index (χ1) is 16.6. The van der Waals surface area contributed by atoms with Gasteiger partial charge in [0.1, 0.15) is 17.1 Å². The molecule has 2 aliphatic rings. The summed E-state index contributed by atoms with van der Waals surface area (Å²) < 4.78 is 46.8. The van der Waals surface area contributed by atoms with E-state index in [9.17, 15) is 22.4 Å². The van der Waals surface area contributed by atoms with Crippen LogP contribution in [0.25, 0.3) is 0 Å². The molecule has 10 nitrogen and oxygen atoms in total. The Morgan fingerprint density at radius 3 is 2.37 bits per heavy atom. The minimum Gasteiger partial charge on any atom is -0.361 e. The number of nitrogens with one attached hydrogen (secondary N) is 1. The molecule has 1 unspecified atom stereocenters. The smallest absolute Gasteiger partial charge is 0.261 e. The van der Waals surface area contributed by atoms with Crippen LogP contribution in [0.2, 0.25) is 0 Å². The average molecular weight is 508 g/mol. The molecule has 0 spiro atoms. The maximum absolute atomic E-state index is 13.6. The summed E-state index contributed by atoms with van der Waals surface area (Å²) >= 11 is 0. The second kappa shape index (κ2) is 10.0. The molecule has 1 saturated heterocycles. The number of nitrogens with two attached hydrogens (primary N) is 1. The van der Waals surface area contributed by atoms with Crippen LogP contribution in [0, 0.1) is 19.7 Å². The van der Waals surface area contributed by atoms with Crippen molar-refractivity contribution in [2.45, 2.75) is 69.1 Å². The van der Waals surface area contributed by atoms with Crippen molar-refractivity contribution < 1.29 is 26.9 Å². The first-order valence-electron chi connectivity index (χ1n) is 11.7. The Bertz CT molecular complexity index is 1170. The van der Waals surface area contributed by atoms with Gasteiger partial charge in [0.25, 0.3) is 11.8 Å². The molecule has 1 aromatic carbocycles. The number of sulfonamides is 1. The third-order valence-electron chi connectivity index (χ3n) is 6.63. The van der Waals surface area contributed by atoms with E-state index in [1.165, 1.54) is 4.90 Å². The van der Waals surface area contributed by atoms with Crippen LogP contribution in [-0.4, -0.2) is 65.9 Å². The molecule has 3 N–H and O–H groups in total. The standard InChI is InChI=1S/C23H30FN5O5S/c1-14-20(15(2)34-27-14)23(31)28-12-3-13-29(35(32,33)19-10-4-16(24)5-11-19)22(28)21(30)26-18-8-6-17(25)7-9-18/h4-5,10-11,17-18,22H,3,6-9,12-13,25H2,1-2H3,(H,26,30). The Hall–Kier alpha value is -2.83. The summed E-state index contributed by atoms with van der Waals surface area (Å²) in [4.78, 5) is 28.3. The summed E-state index contributed by atoms with van der Waals surface area (Å²) in [7, 11) is -4.23. The fourth-order valence-electron chi connectivity index (χ4n) is 4.75. The Labute approximate surface area is 203 Å². The number of aryl methyl sites for hydroxylation is 2. The third-order valence-corrected chi connectivity index (χ3v) is 8.49. The molecular weight excluding hydrogens is 477 g/mol. The number of carbonyl (C=O) groups excluding carboxylic acids is 2. The van der Waals surface area contributed by atoms with Gasteiger partial charge in [-0.15, -0.1) is 0 Å². The fraction of sp³-hybridized carbons (Fsp3) is 0.522. The van der Waals surface area contributed by atoms with Crippen molar-refractivity contribution in [2.75, 3.05) is 13.1 Å². The fourth-order valence-corrected chi connectivity index (χ4v) is 6.34. The summed E-state index contributed by atoms with van der Waals surface area (Å²) in [5.74, 6) is -1.42. The Morgan fingerprint density at radius 1 is 1.11 bits per heavy atom. The molecule has 12 heteroatoms. The van der Waals surface area contributed by atoms with Gasteiger partial charge in [-0.1, -0.05) is 5.16 Å². The Morgan fingerprint density at radius 2 is 1.77 bits per heavy atom. The molecule has 2 fully saturated rings. The largest absolute Gasteiger partial charge is 0.361 e. The number of halogens is 1. The van der Waals surface area contributed by atoms with E-state index in [1.807, 2.05) is 0 Å². The summed E-state index contributed by atoms with van der Waals surface area (Å²) in [6, 6.07) is 4.30. The van der Waals surface area contributed by atoms with Gasteiger partial charge in [-0.3, -0.25) is 9.59 Å². The van der Waals surface area contributed by atoms with Gasteiger partial charge in [-0.2, -0.15) is 4.31 Å². The molecule has 2 heterocycles. The van der Waals surface area contributed by atoms with Crippen molar-refractivity contribution in [3.8, 4) is 0 Å². The SMILES string of the molecule is Cc1noc(C)c1C(=O)N1CCCN(S(=O)(=O)c2ccc(F)cc2)C1C(=O)NC1CCC(N)CC1. The minimum absolute atomic E-state index is 0.0265. The van der Waals surface area contributed by atoms with E-state index in [1.54, 1.807) is 13.8 Å². The minimum atomic E-state index is -4.23. The van der Waals surface area contributed by atoms with Crippen molar-refractivity contribution in [1.29, 1.82) is 0 Å². The highest BCUT2D eigenvalue weighted by Gasteiger charge is 2.45. The van der Waals surface area contributed by atoms with Crippen LogP contribution in [0.5, 0.6) is 0 Å². The number of hydrogen-bond acceptors (Lipinski definition) is 7. The quantitative estimate of drug-likeness (QED) is 0.628. The molecule has 1 aliphatic carbocycles. The number of benzene rings is 1. The van der Waals surface area contributed by atoms with E-state index in [-0.39, 0.29) is 41.4 Å². The van der Waals surface area contributed by atoms with Gasteiger partial charge < -0.3 is 20.5 Å². The zero-order valence-electron chi connectivity index (χ0n) is 19.7. The van der Waals surface area contributed by atoms with Gasteiger partial charge in [0.05, 0.1) is 10.6 Å². The first-order valence-corrected chi connectivity index (χ1v) is 13.1. The van der Waals surface area contributed by atoms with Gasteiger partial charge in [-0.05, 0) is 70.2 Å². The number of nitrogens with zero attached hydrogens (tertiary/aromatic N) is 3. The predicted molar refractivity (Wildman–Crippen MR) is 124 cm³/mol. The van der Waals surface area contributed by atoms with Crippen LogP contribution in [0.15, 0.2) is 33.7 Å². The number of aromatic nitrogens is 1. The van der Waals surface area contributed by atoms with Crippen molar-refractivity contribution >= 4 is 21.8 Å². The molecule has 4 rings (SSSR count). The number of carbonyl (C=O) groups is 2. The lowest BCUT2D eigenvalue weighted by molar-refractivity contribution is -0.132. The van der Waals surface area contributed by atoms with Crippen LogP contribution in [-0.2, 0) is 14.8 Å². The van der Waals surface area contributed by atoms with Crippen molar-refractivity contribution in [3.63, 3.8) is 0 Å². The van der Waals surface area contributed by atoms with E-state index in [0.29, 0.717) is 25.0 Å². The molecule has 190 valence electrons. The lowest BCUT2D eigenvalue weighted by atomic mass is 9.92. The molecule has 2 amide bonds. The zero-order valence-corrected chi connectivity index (χ0v) is 20.6. The summed E-state index contributed by atoms with van der Waals surface area (Å²) in [6.07, 6.45) is 1.72. The van der Waals surface area contributed by atoms with E-state index in [2.05, 4.69) is 10.5 Å². The highest BCUT2D eigenvalue weighted by molar-refractivity contribution is 7.89. The maximum atomic E-state index is 13.6. The molecule has 1 aromatic heterocycles. The highest BCUT2D eigenvalue weighted by atomic mass is 32.2. The molecule has 2 aromatic rings. The van der Waals surface area contributed by atoms with Gasteiger partial charge in [0.15, 0.2) is 6.17 Å². The van der Waals surface area contributed by atoms with Crippen LogP contribution in [0.4, 0.5) is 4.39 Å². The number of hydrogen-bond donors (Lipinski definition) is 2. The predicted octanol–water partition coefficient (Wildman–Crippen LogP) is 1.68. The summed E-state index contributed by atoms with van der Waals surface area (Å²) in [6.45, 7) is 3.40. The highest BCUT2D eigenvalue weighted by Crippen LogP contribution is 2.28. The number of rotatable bonds is 5. The van der Waals surface area contributed by atoms with Crippen LogP contribution >= 0.6 is 0 Å². The Balaban J connectivity index is 1.70. The van der Waals surface area contributed by atoms with E-state index in [4.69, 9.17) is 10.3 Å². The van der Waals surface area contributed by atoms with Gasteiger partial charge in [0.2, 0.25) is 10.0 Å². The van der Waals surface area contributed by atoms with Gasteiger partial charge in [-0.25, -0.2) is 12.8 Å². The average Bonchev–Trinajstić information content (AvgIpc) is 3.17. The second-order valence-corrected chi connectivity index (χ2v) is 11.0. The summed E-state index contributed by atoms with van der Waals surface area (Å²) in [5.41, 5.74) is 6.53. The monoisotopic (exact) mass is 507 g/mol. The lowest BCUT2D eigenvalue weighted by Crippen LogP contribution is -2.64.